The van der Waals surface area contributed by atoms with Crippen LogP contribution in [0.4, 0.5) is 11.4 Å². The number of ether oxygens (including phenoxy) is 2. The minimum absolute atomic E-state index is 0.0185. The van der Waals surface area contributed by atoms with Gasteiger partial charge in [0, 0.05) is 62.7 Å². The maximum Gasteiger partial charge on any atom is 0.253 e. The van der Waals surface area contributed by atoms with Crippen LogP contribution in [0.5, 0.6) is 5.75 Å². The van der Waals surface area contributed by atoms with E-state index < -0.39 is 0 Å². The van der Waals surface area contributed by atoms with Crippen LogP contribution >= 0.6 is 0 Å². The van der Waals surface area contributed by atoms with Crippen LogP contribution < -0.4 is 15.0 Å². The molecule has 0 aromatic heterocycles. The zero-order valence-corrected chi connectivity index (χ0v) is 20.9. The Morgan fingerprint density at radius 3 is 2.19 bits per heavy atom. The molecule has 1 saturated carbocycles. The Kier molecular flexibility index (Phi) is 8.43. The van der Waals surface area contributed by atoms with Crippen molar-refractivity contribution in [3.63, 3.8) is 0 Å². The zero-order chi connectivity index (χ0) is 25.5. The maximum absolute atomic E-state index is 12.8. The Bertz CT molecular complexity index is 1040. The molecule has 0 bridgehead atoms. The highest BCUT2D eigenvalue weighted by Crippen LogP contribution is 2.31. The number of nitrogens with zero attached hydrogens (tertiary/aromatic N) is 3. The van der Waals surface area contributed by atoms with E-state index in [0.717, 1.165) is 37.4 Å². The lowest BCUT2D eigenvalue weighted by Crippen LogP contribution is -2.48. The number of hydrogen-bond acceptors (Lipinski definition) is 6. The van der Waals surface area contributed by atoms with E-state index in [1.807, 2.05) is 29.2 Å². The number of carbonyl (C=O) groups is 3. The molecular formula is C27H34N4O5. The smallest absolute Gasteiger partial charge is 0.253 e. The summed E-state index contributed by atoms with van der Waals surface area (Å²) in [6.07, 6.45) is 1.80. The van der Waals surface area contributed by atoms with Gasteiger partial charge in [0.2, 0.25) is 11.8 Å². The van der Waals surface area contributed by atoms with E-state index in [1.165, 1.54) is 0 Å². The highest BCUT2D eigenvalue weighted by Gasteiger charge is 2.34. The van der Waals surface area contributed by atoms with Crippen molar-refractivity contribution < 1.29 is 23.9 Å². The summed E-state index contributed by atoms with van der Waals surface area (Å²) in [5.74, 6) is 0.614. The first-order valence-electron chi connectivity index (χ1n) is 12.3. The van der Waals surface area contributed by atoms with E-state index in [9.17, 15) is 14.4 Å². The summed E-state index contributed by atoms with van der Waals surface area (Å²) < 4.78 is 10.3. The van der Waals surface area contributed by atoms with Crippen LogP contribution in [0.1, 0.15) is 23.2 Å². The van der Waals surface area contributed by atoms with Crippen LogP contribution in [0, 0.1) is 5.92 Å². The quantitative estimate of drug-likeness (QED) is 0.546. The molecule has 1 aliphatic heterocycles. The van der Waals surface area contributed by atoms with E-state index in [0.29, 0.717) is 37.5 Å². The molecule has 2 aromatic carbocycles. The highest BCUT2D eigenvalue weighted by atomic mass is 16.5. The molecule has 9 nitrogen and oxygen atoms in total. The number of anilines is 2. The largest absolute Gasteiger partial charge is 0.497 e. The number of methoxy groups -OCH3 is 2. The van der Waals surface area contributed by atoms with Gasteiger partial charge in [0.05, 0.1) is 20.3 Å². The van der Waals surface area contributed by atoms with Crippen molar-refractivity contribution in [3.8, 4) is 5.75 Å². The third-order valence-corrected chi connectivity index (χ3v) is 6.56. The van der Waals surface area contributed by atoms with Crippen LogP contribution in [0.25, 0.3) is 0 Å². The van der Waals surface area contributed by atoms with Crippen LogP contribution in [-0.4, -0.2) is 87.6 Å². The van der Waals surface area contributed by atoms with Gasteiger partial charge in [-0.2, -0.15) is 0 Å². The summed E-state index contributed by atoms with van der Waals surface area (Å²) in [7, 11) is 3.19. The van der Waals surface area contributed by atoms with Crippen molar-refractivity contribution >= 4 is 29.1 Å². The number of rotatable bonds is 10. The number of benzene rings is 2. The first kappa shape index (κ1) is 25.5. The van der Waals surface area contributed by atoms with Crippen molar-refractivity contribution in [3.05, 3.63) is 54.1 Å². The van der Waals surface area contributed by atoms with Gasteiger partial charge in [0.25, 0.3) is 5.91 Å². The molecule has 4 rings (SSSR count). The van der Waals surface area contributed by atoms with Gasteiger partial charge in [-0.15, -0.1) is 0 Å². The Morgan fingerprint density at radius 1 is 0.944 bits per heavy atom. The van der Waals surface area contributed by atoms with E-state index in [2.05, 4.69) is 10.2 Å². The molecule has 1 N–H and O–H groups in total. The first-order valence-corrected chi connectivity index (χ1v) is 12.3. The lowest BCUT2D eigenvalue weighted by atomic mass is 10.1. The monoisotopic (exact) mass is 494 g/mol. The van der Waals surface area contributed by atoms with Crippen LogP contribution in [-0.2, 0) is 14.3 Å². The second-order valence-electron chi connectivity index (χ2n) is 9.13. The van der Waals surface area contributed by atoms with Gasteiger partial charge in [0.15, 0.2) is 0 Å². The van der Waals surface area contributed by atoms with Crippen molar-refractivity contribution in [2.24, 2.45) is 5.92 Å². The summed E-state index contributed by atoms with van der Waals surface area (Å²) in [5.41, 5.74) is 2.38. The fourth-order valence-corrected chi connectivity index (χ4v) is 4.27. The number of nitrogens with one attached hydrogen (secondary N) is 1. The predicted molar refractivity (Wildman–Crippen MR) is 137 cm³/mol. The van der Waals surface area contributed by atoms with Gasteiger partial charge in [0.1, 0.15) is 5.75 Å². The fourth-order valence-electron chi connectivity index (χ4n) is 4.27. The molecule has 0 atom stereocenters. The third kappa shape index (κ3) is 6.54. The Balaban J connectivity index is 1.26. The highest BCUT2D eigenvalue weighted by molar-refractivity contribution is 5.95. The lowest BCUT2D eigenvalue weighted by Gasteiger charge is -2.36. The topological polar surface area (TPSA) is 91.4 Å². The van der Waals surface area contributed by atoms with E-state index in [-0.39, 0.29) is 30.2 Å². The standard InChI is InChI=1S/C27H34N4O5/c1-35-18-17-31(27(34)20-3-4-20)19-25(32)28-22-7-9-23(10-8-22)29-13-15-30(16-14-29)26(33)21-5-11-24(36-2)12-6-21/h5-12,20H,3-4,13-19H2,1-2H3,(H,28,32). The van der Waals surface area contributed by atoms with Gasteiger partial charge in [-0.25, -0.2) is 0 Å². The average Bonchev–Trinajstić information content (AvgIpc) is 3.76. The van der Waals surface area contributed by atoms with Gasteiger partial charge in [-0.05, 0) is 61.4 Å². The molecule has 0 radical (unpaired) electrons. The molecule has 36 heavy (non-hydrogen) atoms. The Labute approximate surface area is 211 Å². The molecule has 1 heterocycles. The fraction of sp³-hybridized carbons (Fsp3) is 0.444. The second kappa shape index (κ2) is 11.9. The maximum atomic E-state index is 12.8. The molecule has 9 heteroatoms. The van der Waals surface area contributed by atoms with E-state index in [1.54, 1.807) is 43.4 Å². The van der Waals surface area contributed by atoms with Crippen LogP contribution in [0.15, 0.2) is 48.5 Å². The molecule has 0 spiro atoms. The summed E-state index contributed by atoms with van der Waals surface area (Å²) in [6, 6.07) is 14.8. The Morgan fingerprint density at radius 2 is 1.61 bits per heavy atom. The van der Waals surface area contributed by atoms with Crippen molar-refractivity contribution in [2.75, 3.05) is 70.3 Å². The molecule has 192 valence electrons. The minimum atomic E-state index is -0.224. The van der Waals surface area contributed by atoms with Gasteiger partial charge >= 0.3 is 0 Å². The lowest BCUT2D eigenvalue weighted by molar-refractivity contribution is -0.136. The number of piperazine rings is 1. The summed E-state index contributed by atoms with van der Waals surface area (Å²) in [5, 5.41) is 2.89. The zero-order valence-electron chi connectivity index (χ0n) is 20.9. The van der Waals surface area contributed by atoms with Crippen LogP contribution in [0.2, 0.25) is 0 Å². The molecule has 3 amide bonds. The third-order valence-electron chi connectivity index (χ3n) is 6.56. The number of hydrogen-bond donors (Lipinski definition) is 1. The molecule has 2 aromatic rings. The van der Waals surface area contributed by atoms with Crippen molar-refractivity contribution in [1.29, 1.82) is 0 Å². The van der Waals surface area contributed by atoms with Gasteiger partial charge < -0.3 is 29.5 Å². The molecule has 2 aliphatic rings. The van der Waals surface area contributed by atoms with Gasteiger partial charge in [-0.3, -0.25) is 14.4 Å². The predicted octanol–water partition coefficient (Wildman–Crippen LogP) is 2.48. The van der Waals surface area contributed by atoms with Crippen molar-refractivity contribution in [2.45, 2.75) is 12.8 Å². The second-order valence-corrected chi connectivity index (χ2v) is 9.13. The first-order chi connectivity index (χ1) is 17.5. The normalized spacial score (nSPS) is 15.4. The van der Waals surface area contributed by atoms with E-state index >= 15 is 0 Å². The molecule has 1 aliphatic carbocycles. The van der Waals surface area contributed by atoms with Gasteiger partial charge in [-0.1, -0.05) is 0 Å². The molecule has 0 unspecified atom stereocenters. The molecule has 2 fully saturated rings. The average molecular weight is 495 g/mol. The van der Waals surface area contributed by atoms with E-state index in [4.69, 9.17) is 9.47 Å². The SMILES string of the molecule is COCCN(CC(=O)Nc1ccc(N2CCN(C(=O)c3ccc(OC)cc3)CC2)cc1)C(=O)C1CC1. The Hall–Kier alpha value is -3.59. The number of carbonyl (C=O) groups excluding carboxylic acids is 3. The minimum Gasteiger partial charge on any atom is -0.497 e. The summed E-state index contributed by atoms with van der Waals surface area (Å²) in [4.78, 5) is 43.5. The summed E-state index contributed by atoms with van der Waals surface area (Å²) >= 11 is 0. The number of amides is 3. The summed E-state index contributed by atoms with van der Waals surface area (Å²) in [6.45, 7) is 3.55. The van der Waals surface area contributed by atoms with Crippen LogP contribution in [0.3, 0.4) is 0 Å². The molecular weight excluding hydrogens is 460 g/mol. The van der Waals surface area contributed by atoms with Crippen molar-refractivity contribution in [1.82, 2.24) is 9.80 Å². The molecule has 1 saturated heterocycles.